The lowest BCUT2D eigenvalue weighted by atomic mass is 10.1. The van der Waals surface area contributed by atoms with Crippen LogP contribution < -0.4 is 10.5 Å². The van der Waals surface area contributed by atoms with Gasteiger partial charge >= 0.3 is 0 Å². The average Bonchev–Trinajstić information content (AvgIpc) is 2.46. The Bertz CT molecular complexity index is 442. The first kappa shape index (κ1) is 14.8. The number of amides is 1. The predicted molar refractivity (Wildman–Crippen MR) is 78.8 cm³/mol. The van der Waals surface area contributed by atoms with Crippen LogP contribution in [-0.2, 0) is 11.2 Å². The molecule has 1 saturated heterocycles. The fourth-order valence-electron chi connectivity index (χ4n) is 2.25. The molecule has 1 amide bonds. The van der Waals surface area contributed by atoms with Crippen molar-refractivity contribution in [2.45, 2.75) is 6.42 Å². The molecule has 1 aromatic rings. The Labute approximate surface area is 120 Å². The second kappa shape index (κ2) is 7.26. The van der Waals surface area contributed by atoms with Crippen molar-refractivity contribution in [3.8, 4) is 5.75 Å². The summed E-state index contributed by atoms with van der Waals surface area (Å²) in [5, 5.41) is 0. The first-order valence-electron chi connectivity index (χ1n) is 7.07. The topological polar surface area (TPSA) is 58.8 Å². The predicted octanol–water partition coefficient (Wildman–Crippen LogP) is 0.341. The summed E-state index contributed by atoms with van der Waals surface area (Å²) in [6, 6.07) is 7.77. The molecule has 110 valence electrons. The smallest absolute Gasteiger partial charge is 0.260 e. The van der Waals surface area contributed by atoms with Crippen LogP contribution >= 0.6 is 0 Å². The number of nitrogens with zero attached hydrogens (tertiary/aromatic N) is 2. The lowest BCUT2D eigenvalue weighted by Gasteiger charge is -2.32. The van der Waals surface area contributed by atoms with Gasteiger partial charge in [-0.1, -0.05) is 12.1 Å². The van der Waals surface area contributed by atoms with Crippen LogP contribution in [0.3, 0.4) is 0 Å². The minimum absolute atomic E-state index is 0.0577. The van der Waals surface area contributed by atoms with Gasteiger partial charge in [0.15, 0.2) is 6.61 Å². The number of rotatable bonds is 5. The molecule has 20 heavy (non-hydrogen) atoms. The molecule has 1 aliphatic rings. The van der Waals surface area contributed by atoms with E-state index in [9.17, 15) is 4.79 Å². The fourth-order valence-corrected chi connectivity index (χ4v) is 2.25. The number of benzene rings is 1. The van der Waals surface area contributed by atoms with Gasteiger partial charge in [-0.05, 0) is 37.7 Å². The number of carbonyl (C=O) groups is 1. The van der Waals surface area contributed by atoms with Gasteiger partial charge in [0.05, 0.1) is 0 Å². The fraction of sp³-hybridized carbons (Fsp3) is 0.533. The Morgan fingerprint density at radius 1 is 1.30 bits per heavy atom. The highest BCUT2D eigenvalue weighted by Gasteiger charge is 2.19. The van der Waals surface area contributed by atoms with Crippen molar-refractivity contribution in [1.29, 1.82) is 0 Å². The van der Waals surface area contributed by atoms with E-state index >= 15 is 0 Å². The van der Waals surface area contributed by atoms with Gasteiger partial charge in [0.2, 0.25) is 0 Å². The molecule has 1 aliphatic heterocycles. The van der Waals surface area contributed by atoms with Crippen molar-refractivity contribution >= 4 is 5.91 Å². The highest BCUT2D eigenvalue weighted by molar-refractivity contribution is 5.77. The zero-order valence-corrected chi connectivity index (χ0v) is 12.0. The Kier molecular flexibility index (Phi) is 5.38. The zero-order valence-electron chi connectivity index (χ0n) is 12.0. The van der Waals surface area contributed by atoms with Crippen LogP contribution in [0.4, 0.5) is 0 Å². The second-order valence-corrected chi connectivity index (χ2v) is 5.16. The van der Waals surface area contributed by atoms with Crippen molar-refractivity contribution in [3.05, 3.63) is 29.8 Å². The second-order valence-electron chi connectivity index (χ2n) is 5.16. The van der Waals surface area contributed by atoms with E-state index in [2.05, 4.69) is 11.9 Å². The minimum Gasteiger partial charge on any atom is -0.484 e. The van der Waals surface area contributed by atoms with Crippen LogP contribution in [0, 0.1) is 0 Å². The van der Waals surface area contributed by atoms with Gasteiger partial charge in [-0.25, -0.2) is 0 Å². The quantitative estimate of drug-likeness (QED) is 0.843. The molecular formula is C15H23N3O2. The van der Waals surface area contributed by atoms with Crippen LogP contribution in [-0.4, -0.2) is 62.1 Å². The monoisotopic (exact) mass is 277 g/mol. The summed E-state index contributed by atoms with van der Waals surface area (Å²) >= 11 is 0. The molecule has 0 unspecified atom stereocenters. The van der Waals surface area contributed by atoms with Crippen molar-refractivity contribution in [3.63, 3.8) is 0 Å². The Balaban J connectivity index is 1.82. The standard InChI is InChI=1S/C15H23N3O2/c1-17-7-9-18(10-8-17)15(19)12-20-14-4-2-3-13(11-14)5-6-16/h2-4,11H,5-10,12,16H2,1H3. The summed E-state index contributed by atoms with van der Waals surface area (Å²) in [5.41, 5.74) is 6.67. The number of hydrogen-bond donors (Lipinski definition) is 1. The minimum atomic E-state index is 0.0577. The van der Waals surface area contributed by atoms with Crippen molar-refractivity contribution in [2.75, 3.05) is 46.4 Å². The lowest BCUT2D eigenvalue weighted by molar-refractivity contribution is -0.134. The molecule has 0 radical (unpaired) electrons. The molecular weight excluding hydrogens is 254 g/mol. The Hall–Kier alpha value is -1.59. The number of nitrogens with two attached hydrogens (primary N) is 1. The molecule has 0 saturated carbocycles. The first-order valence-corrected chi connectivity index (χ1v) is 7.07. The molecule has 2 rings (SSSR count). The molecule has 0 aromatic heterocycles. The van der Waals surface area contributed by atoms with E-state index < -0.39 is 0 Å². The molecule has 5 nitrogen and oxygen atoms in total. The molecule has 0 spiro atoms. The van der Waals surface area contributed by atoms with E-state index in [0.717, 1.165) is 43.9 Å². The third-order valence-electron chi connectivity index (χ3n) is 3.55. The summed E-state index contributed by atoms with van der Waals surface area (Å²) in [6.07, 6.45) is 0.823. The molecule has 0 aliphatic carbocycles. The molecule has 1 fully saturated rings. The highest BCUT2D eigenvalue weighted by Crippen LogP contribution is 2.13. The van der Waals surface area contributed by atoms with E-state index in [1.165, 1.54) is 0 Å². The van der Waals surface area contributed by atoms with Gasteiger partial charge in [0.25, 0.3) is 5.91 Å². The summed E-state index contributed by atoms with van der Waals surface area (Å²) in [6.45, 7) is 4.15. The third kappa shape index (κ3) is 4.21. The van der Waals surface area contributed by atoms with Crippen LogP contribution in [0.5, 0.6) is 5.75 Å². The third-order valence-corrected chi connectivity index (χ3v) is 3.55. The van der Waals surface area contributed by atoms with Crippen molar-refractivity contribution in [2.24, 2.45) is 5.73 Å². The Morgan fingerprint density at radius 3 is 2.75 bits per heavy atom. The van der Waals surface area contributed by atoms with Crippen molar-refractivity contribution in [1.82, 2.24) is 9.80 Å². The molecule has 1 aromatic carbocycles. The highest BCUT2D eigenvalue weighted by atomic mass is 16.5. The van der Waals surface area contributed by atoms with E-state index in [-0.39, 0.29) is 12.5 Å². The lowest BCUT2D eigenvalue weighted by Crippen LogP contribution is -2.48. The van der Waals surface area contributed by atoms with Crippen LogP contribution in [0.15, 0.2) is 24.3 Å². The maximum absolute atomic E-state index is 12.1. The van der Waals surface area contributed by atoms with E-state index in [0.29, 0.717) is 6.54 Å². The number of hydrogen-bond acceptors (Lipinski definition) is 4. The normalized spacial score (nSPS) is 16.2. The van der Waals surface area contributed by atoms with Gasteiger partial charge in [0, 0.05) is 26.2 Å². The summed E-state index contributed by atoms with van der Waals surface area (Å²) in [7, 11) is 2.07. The molecule has 0 atom stereocenters. The van der Waals surface area contributed by atoms with E-state index in [1.807, 2.05) is 29.2 Å². The summed E-state index contributed by atoms with van der Waals surface area (Å²) in [4.78, 5) is 16.1. The summed E-state index contributed by atoms with van der Waals surface area (Å²) in [5.74, 6) is 0.792. The van der Waals surface area contributed by atoms with Crippen LogP contribution in [0.25, 0.3) is 0 Å². The van der Waals surface area contributed by atoms with Crippen LogP contribution in [0.2, 0.25) is 0 Å². The maximum Gasteiger partial charge on any atom is 0.260 e. The SMILES string of the molecule is CN1CCN(C(=O)COc2cccc(CCN)c2)CC1. The van der Waals surface area contributed by atoms with Gasteiger partial charge < -0.3 is 20.3 Å². The largest absolute Gasteiger partial charge is 0.484 e. The number of likely N-dealkylation sites (N-methyl/N-ethyl adjacent to an activating group) is 1. The molecule has 2 N–H and O–H groups in total. The van der Waals surface area contributed by atoms with Gasteiger partial charge in [-0.15, -0.1) is 0 Å². The maximum atomic E-state index is 12.1. The molecule has 0 bridgehead atoms. The van der Waals surface area contributed by atoms with E-state index in [1.54, 1.807) is 0 Å². The van der Waals surface area contributed by atoms with Crippen LogP contribution in [0.1, 0.15) is 5.56 Å². The molecule has 1 heterocycles. The average molecular weight is 277 g/mol. The number of piperazine rings is 1. The Morgan fingerprint density at radius 2 is 2.05 bits per heavy atom. The molecule has 5 heteroatoms. The summed E-state index contributed by atoms with van der Waals surface area (Å²) < 4.78 is 5.59. The van der Waals surface area contributed by atoms with Gasteiger partial charge in [-0.2, -0.15) is 0 Å². The van der Waals surface area contributed by atoms with Crippen molar-refractivity contribution < 1.29 is 9.53 Å². The van der Waals surface area contributed by atoms with Gasteiger partial charge in [0.1, 0.15) is 5.75 Å². The number of carbonyl (C=O) groups excluding carboxylic acids is 1. The number of ether oxygens (including phenoxy) is 1. The first-order chi connectivity index (χ1) is 9.69. The van der Waals surface area contributed by atoms with E-state index in [4.69, 9.17) is 10.5 Å². The zero-order chi connectivity index (χ0) is 14.4. The van der Waals surface area contributed by atoms with Gasteiger partial charge in [-0.3, -0.25) is 4.79 Å².